The van der Waals surface area contributed by atoms with E-state index in [1.807, 2.05) is 6.92 Å². The lowest BCUT2D eigenvalue weighted by atomic mass is 10.2. The van der Waals surface area contributed by atoms with E-state index in [2.05, 4.69) is 20.5 Å². The summed E-state index contributed by atoms with van der Waals surface area (Å²) in [5.41, 5.74) is -0.106. The number of nitrogens with zero attached hydrogens (tertiary/aromatic N) is 5. The minimum absolute atomic E-state index is 0.00138. The van der Waals surface area contributed by atoms with Crippen molar-refractivity contribution in [1.29, 1.82) is 0 Å². The van der Waals surface area contributed by atoms with Gasteiger partial charge in [0.05, 0.1) is 23.5 Å². The Labute approximate surface area is 162 Å². The Morgan fingerprint density at radius 2 is 2.11 bits per heavy atom. The second kappa shape index (κ2) is 6.77. The number of hydrogen-bond donors (Lipinski definition) is 1. The molecule has 0 aliphatic heterocycles. The monoisotopic (exact) mass is 412 g/mol. The summed E-state index contributed by atoms with van der Waals surface area (Å²) in [4.78, 5) is 16.7. The molecule has 11 heteroatoms. The fraction of sp³-hybridized carbons (Fsp3) is 0.412. The molecule has 0 unspecified atom stereocenters. The molecule has 1 N–H and O–H groups in total. The zero-order valence-electron chi connectivity index (χ0n) is 14.8. The van der Waals surface area contributed by atoms with Crippen LogP contribution in [-0.2, 0) is 19.3 Å². The minimum atomic E-state index is -4.61. The van der Waals surface area contributed by atoms with E-state index in [4.69, 9.17) is 11.6 Å². The first-order chi connectivity index (χ1) is 13.3. The lowest BCUT2D eigenvalue weighted by Crippen LogP contribution is -2.25. The first-order valence-corrected chi connectivity index (χ1v) is 9.12. The van der Waals surface area contributed by atoms with Crippen molar-refractivity contribution >= 4 is 23.2 Å². The Kier molecular flexibility index (Phi) is 4.53. The summed E-state index contributed by atoms with van der Waals surface area (Å²) in [6.07, 6.45) is -1.51. The fourth-order valence-corrected chi connectivity index (χ4v) is 3.19. The van der Waals surface area contributed by atoms with E-state index in [-0.39, 0.29) is 23.8 Å². The molecular formula is C17H16ClF3N6O. The van der Waals surface area contributed by atoms with Gasteiger partial charge < -0.3 is 5.32 Å². The van der Waals surface area contributed by atoms with E-state index < -0.39 is 17.8 Å². The average Bonchev–Trinajstić information content (AvgIpc) is 3.30. The van der Waals surface area contributed by atoms with Gasteiger partial charge in [-0.1, -0.05) is 11.6 Å². The molecule has 0 atom stereocenters. The Morgan fingerprint density at radius 3 is 2.75 bits per heavy atom. The van der Waals surface area contributed by atoms with Crippen LogP contribution >= 0.6 is 11.6 Å². The molecule has 148 valence electrons. The minimum Gasteiger partial charge on any atom is -0.345 e. The van der Waals surface area contributed by atoms with Crippen molar-refractivity contribution in [3.63, 3.8) is 0 Å². The molecule has 28 heavy (non-hydrogen) atoms. The molecule has 7 nitrogen and oxygen atoms in total. The van der Waals surface area contributed by atoms with Crippen molar-refractivity contribution in [2.45, 2.75) is 44.9 Å². The van der Waals surface area contributed by atoms with Gasteiger partial charge in [-0.05, 0) is 25.8 Å². The third-order valence-electron chi connectivity index (χ3n) is 4.58. The largest absolute Gasteiger partial charge is 0.433 e. The van der Waals surface area contributed by atoms with Gasteiger partial charge >= 0.3 is 6.18 Å². The molecule has 1 amide bonds. The normalized spacial score (nSPS) is 14.6. The Hall–Kier alpha value is -2.62. The van der Waals surface area contributed by atoms with Gasteiger partial charge in [0, 0.05) is 24.2 Å². The van der Waals surface area contributed by atoms with Crippen molar-refractivity contribution in [3.05, 3.63) is 46.1 Å². The van der Waals surface area contributed by atoms with Gasteiger partial charge in [0.2, 0.25) is 0 Å². The molecule has 0 saturated heterocycles. The van der Waals surface area contributed by atoms with Gasteiger partial charge in [0.1, 0.15) is 5.69 Å². The van der Waals surface area contributed by atoms with Crippen molar-refractivity contribution in [1.82, 2.24) is 29.7 Å². The van der Waals surface area contributed by atoms with Gasteiger partial charge in [-0.3, -0.25) is 9.48 Å². The highest BCUT2D eigenvalue weighted by atomic mass is 35.5. The maximum atomic E-state index is 13.4. The highest BCUT2D eigenvalue weighted by Crippen LogP contribution is 2.41. The third kappa shape index (κ3) is 3.44. The SMILES string of the molecule is CCn1ncc(Cl)c1CNC(=O)c1cc2nc(C3CC3)cc(C(F)(F)F)n2n1. The van der Waals surface area contributed by atoms with Crippen LogP contribution in [0.2, 0.25) is 5.02 Å². The molecule has 3 aromatic heterocycles. The molecule has 0 radical (unpaired) electrons. The number of carbonyl (C=O) groups excluding carboxylic acids is 1. The van der Waals surface area contributed by atoms with Crippen LogP contribution in [0.5, 0.6) is 0 Å². The predicted molar refractivity (Wildman–Crippen MR) is 94.0 cm³/mol. The summed E-state index contributed by atoms with van der Waals surface area (Å²) in [7, 11) is 0. The van der Waals surface area contributed by atoms with Crippen molar-refractivity contribution in [2.75, 3.05) is 0 Å². The summed E-state index contributed by atoms with van der Waals surface area (Å²) in [5, 5.41) is 10.9. The smallest absolute Gasteiger partial charge is 0.345 e. The van der Waals surface area contributed by atoms with E-state index in [0.717, 1.165) is 18.9 Å². The van der Waals surface area contributed by atoms with Crippen LogP contribution in [0.1, 0.15) is 53.3 Å². The lowest BCUT2D eigenvalue weighted by molar-refractivity contribution is -0.142. The molecule has 0 bridgehead atoms. The number of alkyl halides is 3. The number of aryl methyl sites for hydroxylation is 1. The highest BCUT2D eigenvalue weighted by Gasteiger charge is 2.37. The number of aromatic nitrogens is 5. The second-order valence-electron chi connectivity index (χ2n) is 6.58. The molecule has 1 fully saturated rings. The molecule has 3 aromatic rings. The van der Waals surface area contributed by atoms with Gasteiger partial charge in [-0.25, -0.2) is 9.50 Å². The van der Waals surface area contributed by atoms with Crippen LogP contribution in [-0.4, -0.2) is 30.3 Å². The number of rotatable bonds is 5. The summed E-state index contributed by atoms with van der Waals surface area (Å²) in [6, 6.07) is 2.27. The number of carbonyl (C=O) groups is 1. The molecule has 0 spiro atoms. The van der Waals surface area contributed by atoms with Crippen molar-refractivity contribution in [3.8, 4) is 0 Å². The molecular weight excluding hydrogens is 397 g/mol. The topological polar surface area (TPSA) is 77.1 Å². The Balaban J connectivity index is 1.63. The average molecular weight is 413 g/mol. The first kappa shape index (κ1) is 18.7. The van der Waals surface area contributed by atoms with E-state index in [9.17, 15) is 18.0 Å². The van der Waals surface area contributed by atoms with Crippen LogP contribution in [0.4, 0.5) is 13.2 Å². The van der Waals surface area contributed by atoms with Gasteiger partial charge in [0.25, 0.3) is 5.91 Å². The lowest BCUT2D eigenvalue weighted by Gasteiger charge is -2.10. The van der Waals surface area contributed by atoms with Crippen LogP contribution in [0.3, 0.4) is 0 Å². The molecule has 4 rings (SSSR count). The zero-order chi connectivity index (χ0) is 20.1. The van der Waals surface area contributed by atoms with Crippen LogP contribution < -0.4 is 5.32 Å². The standard InChI is InChI=1S/C17H16ClF3N6O/c1-2-26-13(10(18)7-23-26)8-22-16(28)12-6-15-24-11(9-3-4-9)5-14(17(19,20)21)27(15)25-12/h5-7,9H,2-4,8H2,1H3,(H,22,28). The van der Waals surface area contributed by atoms with Gasteiger partial charge in [-0.2, -0.15) is 23.4 Å². The predicted octanol–water partition coefficient (Wildman–Crippen LogP) is 3.43. The fourth-order valence-electron chi connectivity index (χ4n) is 2.99. The van der Waals surface area contributed by atoms with Gasteiger partial charge in [-0.15, -0.1) is 0 Å². The maximum Gasteiger partial charge on any atom is 0.433 e. The summed E-state index contributed by atoms with van der Waals surface area (Å²) < 4.78 is 42.6. The number of amides is 1. The zero-order valence-corrected chi connectivity index (χ0v) is 15.5. The quantitative estimate of drug-likeness (QED) is 0.696. The van der Waals surface area contributed by atoms with E-state index >= 15 is 0 Å². The second-order valence-corrected chi connectivity index (χ2v) is 6.98. The van der Waals surface area contributed by atoms with Crippen molar-refractivity contribution in [2.24, 2.45) is 0 Å². The Bertz CT molecular complexity index is 1050. The third-order valence-corrected chi connectivity index (χ3v) is 4.90. The van der Waals surface area contributed by atoms with Crippen LogP contribution in [0.15, 0.2) is 18.3 Å². The first-order valence-electron chi connectivity index (χ1n) is 8.74. The van der Waals surface area contributed by atoms with Crippen LogP contribution in [0, 0.1) is 0 Å². The number of hydrogen-bond acceptors (Lipinski definition) is 4. The van der Waals surface area contributed by atoms with Gasteiger partial charge in [0.15, 0.2) is 11.3 Å². The summed E-state index contributed by atoms with van der Waals surface area (Å²) >= 11 is 6.05. The van der Waals surface area contributed by atoms with E-state index in [1.54, 1.807) is 4.68 Å². The molecule has 1 saturated carbocycles. The number of fused-ring (bicyclic) bond motifs is 1. The highest BCUT2D eigenvalue weighted by molar-refractivity contribution is 6.31. The Morgan fingerprint density at radius 1 is 1.36 bits per heavy atom. The van der Waals surface area contributed by atoms with E-state index in [1.165, 1.54) is 12.3 Å². The van der Waals surface area contributed by atoms with Crippen LogP contribution in [0.25, 0.3) is 5.65 Å². The van der Waals surface area contributed by atoms with Crippen molar-refractivity contribution < 1.29 is 18.0 Å². The molecule has 0 aromatic carbocycles. The number of nitrogens with one attached hydrogen (secondary N) is 1. The summed E-state index contributed by atoms with van der Waals surface area (Å²) in [5.74, 6) is -0.582. The molecule has 3 heterocycles. The summed E-state index contributed by atoms with van der Waals surface area (Å²) in [6.45, 7) is 2.51. The molecule has 1 aliphatic carbocycles. The molecule has 1 aliphatic rings. The maximum absolute atomic E-state index is 13.4. The number of halogens is 4. The van der Waals surface area contributed by atoms with E-state index in [0.29, 0.717) is 27.5 Å².